The SMILES string of the molecule is Nc1ccccc1OC(=O)c1cc2cc(CCO)ccc2o1. The lowest BCUT2D eigenvalue weighted by molar-refractivity contribution is 0.0705. The van der Waals surface area contributed by atoms with E-state index >= 15 is 0 Å². The van der Waals surface area contributed by atoms with Crippen LogP contribution in [-0.4, -0.2) is 17.7 Å². The number of rotatable bonds is 4. The van der Waals surface area contributed by atoms with E-state index in [1.807, 2.05) is 12.1 Å². The molecule has 1 aromatic heterocycles. The number of hydrogen-bond donors (Lipinski definition) is 2. The van der Waals surface area contributed by atoms with Gasteiger partial charge in [-0.05, 0) is 42.3 Å². The van der Waals surface area contributed by atoms with Gasteiger partial charge in [0.05, 0.1) is 5.69 Å². The third-order valence-corrected chi connectivity index (χ3v) is 3.30. The number of aliphatic hydroxyl groups excluding tert-OH is 1. The number of para-hydroxylation sites is 2. The van der Waals surface area contributed by atoms with Crippen molar-refractivity contribution in [3.05, 3.63) is 59.9 Å². The molecule has 0 amide bonds. The van der Waals surface area contributed by atoms with Gasteiger partial charge in [0.15, 0.2) is 5.75 Å². The van der Waals surface area contributed by atoms with Crippen molar-refractivity contribution in [2.75, 3.05) is 12.3 Å². The van der Waals surface area contributed by atoms with Gasteiger partial charge in [-0.15, -0.1) is 0 Å². The Morgan fingerprint density at radius 1 is 1.18 bits per heavy atom. The van der Waals surface area contributed by atoms with Gasteiger partial charge in [-0.3, -0.25) is 0 Å². The van der Waals surface area contributed by atoms with Gasteiger partial charge in [0.1, 0.15) is 5.58 Å². The van der Waals surface area contributed by atoms with Gasteiger partial charge in [0.2, 0.25) is 5.76 Å². The van der Waals surface area contributed by atoms with E-state index in [1.165, 1.54) is 0 Å². The molecule has 1 heterocycles. The lowest BCUT2D eigenvalue weighted by Crippen LogP contribution is -2.08. The van der Waals surface area contributed by atoms with Gasteiger partial charge >= 0.3 is 5.97 Å². The van der Waals surface area contributed by atoms with Crippen LogP contribution in [0.5, 0.6) is 5.75 Å². The maximum Gasteiger partial charge on any atom is 0.379 e. The summed E-state index contributed by atoms with van der Waals surface area (Å²) in [6.45, 7) is 0.0749. The Labute approximate surface area is 126 Å². The molecule has 3 rings (SSSR count). The summed E-state index contributed by atoms with van der Waals surface area (Å²) in [5.74, 6) is -0.189. The Kier molecular flexibility index (Phi) is 3.80. The fourth-order valence-corrected chi connectivity index (χ4v) is 2.20. The van der Waals surface area contributed by atoms with Crippen LogP contribution in [-0.2, 0) is 6.42 Å². The van der Waals surface area contributed by atoms with Crippen LogP contribution in [0, 0.1) is 0 Å². The minimum atomic E-state index is -0.599. The molecule has 0 fully saturated rings. The normalized spacial score (nSPS) is 10.8. The van der Waals surface area contributed by atoms with Crippen molar-refractivity contribution in [3.63, 3.8) is 0 Å². The number of furan rings is 1. The maximum absolute atomic E-state index is 12.1. The molecule has 5 nitrogen and oxygen atoms in total. The van der Waals surface area contributed by atoms with Crippen molar-refractivity contribution in [3.8, 4) is 5.75 Å². The molecule has 0 radical (unpaired) electrons. The van der Waals surface area contributed by atoms with Crippen molar-refractivity contribution in [1.29, 1.82) is 0 Å². The molecule has 0 aliphatic heterocycles. The number of carbonyl (C=O) groups excluding carboxylic acids is 1. The Morgan fingerprint density at radius 3 is 2.77 bits per heavy atom. The van der Waals surface area contributed by atoms with E-state index in [9.17, 15) is 4.79 Å². The number of fused-ring (bicyclic) bond motifs is 1. The summed E-state index contributed by atoms with van der Waals surface area (Å²) in [6.07, 6.45) is 0.557. The summed E-state index contributed by atoms with van der Waals surface area (Å²) in [6, 6.07) is 13.9. The first-order chi connectivity index (χ1) is 10.7. The molecule has 0 aliphatic carbocycles. The second-order valence-electron chi connectivity index (χ2n) is 4.88. The highest BCUT2D eigenvalue weighted by atomic mass is 16.5. The van der Waals surface area contributed by atoms with Gasteiger partial charge in [0.25, 0.3) is 0 Å². The van der Waals surface area contributed by atoms with Gasteiger partial charge in [0, 0.05) is 12.0 Å². The molecule has 0 aliphatic rings. The summed E-state index contributed by atoms with van der Waals surface area (Å²) in [4.78, 5) is 12.1. The zero-order valence-corrected chi connectivity index (χ0v) is 11.8. The predicted octanol–water partition coefficient (Wildman–Crippen LogP) is 2.77. The van der Waals surface area contributed by atoms with Crippen LogP contribution in [0.4, 0.5) is 5.69 Å². The van der Waals surface area contributed by atoms with E-state index < -0.39 is 5.97 Å². The highest BCUT2D eigenvalue weighted by Crippen LogP contribution is 2.24. The Morgan fingerprint density at radius 2 is 2.00 bits per heavy atom. The summed E-state index contributed by atoms with van der Waals surface area (Å²) in [7, 11) is 0. The van der Waals surface area contributed by atoms with Crippen LogP contribution in [0.1, 0.15) is 16.1 Å². The van der Waals surface area contributed by atoms with Gasteiger partial charge in [-0.2, -0.15) is 0 Å². The zero-order chi connectivity index (χ0) is 15.5. The average molecular weight is 297 g/mol. The Hall–Kier alpha value is -2.79. The van der Waals surface area contributed by atoms with Crippen LogP contribution in [0.3, 0.4) is 0 Å². The number of esters is 1. The van der Waals surface area contributed by atoms with Crippen molar-refractivity contribution < 1.29 is 19.1 Å². The lowest BCUT2D eigenvalue weighted by atomic mass is 10.1. The molecule has 3 N–H and O–H groups in total. The topological polar surface area (TPSA) is 85.7 Å². The number of nitrogens with two attached hydrogens (primary N) is 1. The number of benzene rings is 2. The second kappa shape index (κ2) is 5.91. The maximum atomic E-state index is 12.1. The van der Waals surface area contributed by atoms with Crippen molar-refractivity contribution in [2.45, 2.75) is 6.42 Å². The number of nitrogen functional groups attached to an aromatic ring is 1. The third-order valence-electron chi connectivity index (χ3n) is 3.30. The van der Waals surface area contributed by atoms with E-state index in [2.05, 4.69) is 0 Å². The molecule has 2 aromatic carbocycles. The number of carbonyl (C=O) groups is 1. The van der Waals surface area contributed by atoms with Crippen LogP contribution in [0.25, 0.3) is 11.0 Å². The van der Waals surface area contributed by atoms with Crippen molar-refractivity contribution >= 4 is 22.6 Å². The second-order valence-corrected chi connectivity index (χ2v) is 4.88. The smallest absolute Gasteiger partial charge is 0.379 e. The summed E-state index contributed by atoms with van der Waals surface area (Å²) in [5, 5.41) is 9.76. The predicted molar refractivity (Wildman–Crippen MR) is 82.8 cm³/mol. The van der Waals surface area contributed by atoms with Crippen LogP contribution < -0.4 is 10.5 Å². The van der Waals surface area contributed by atoms with Crippen molar-refractivity contribution in [1.82, 2.24) is 0 Å². The Bertz CT molecular complexity index is 822. The number of ether oxygens (including phenoxy) is 1. The highest BCUT2D eigenvalue weighted by Gasteiger charge is 2.16. The fourth-order valence-electron chi connectivity index (χ4n) is 2.20. The van der Waals surface area contributed by atoms with Crippen molar-refractivity contribution in [2.24, 2.45) is 0 Å². The molecule has 112 valence electrons. The molecule has 0 saturated carbocycles. The summed E-state index contributed by atoms with van der Waals surface area (Å²) >= 11 is 0. The third kappa shape index (κ3) is 2.80. The molecule has 0 unspecified atom stereocenters. The highest BCUT2D eigenvalue weighted by molar-refractivity contribution is 5.94. The lowest BCUT2D eigenvalue weighted by Gasteiger charge is -2.04. The van der Waals surface area contributed by atoms with Crippen LogP contribution in [0.2, 0.25) is 0 Å². The average Bonchev–Trinajstić information content (AvgIpc) is 2.93. The summed E-state index contributed by atoms with van der Waals surface area (Å²) in [5.41, 5.74) is 7.70. The minimum absolute atomic E-state index is 0.0749. The van der Waals surface area contributed by atoms with E-state index in [4.69, 9.17) is 20.0 Å². The first kappa shape index (κ1) is 14.2. The molecule has 0 bridgehead atoms. The first-order valence-corrected chi connectivity index (χ1v) is 6.87. The fraction of sp³-hybridized carbons (Fsp3) is 0.118. The first-order valence-electron chi connectivity index (χ1n) is 6.87. The number of anilines is 1. The molecule has 3 aromatic rings. The van der Waals surface area contributed by atoms with E-state index in [1.54, 1.807) is 36.4 Å². The zero-order valence-electron chi connectivity index (χ0n) is 11.8. The number of aliphatic hydroxyl groups is 1. The van der Waals surface area contributed by atoms with Gasteiger partial charge in [-0.1, -0.05) is 18.2 Å². The molecule has 5 heteroatoms. The van der Waals surface area contributed by atoms with Crippen LogP contribution >= 0.6 is 0 Å². The van der Waals surface area contributed by atoms with E-state index in [0.717, 1.165) is 10.9 Å². The van der Waals surface area contributed by atoms with E-state index in [-0.39, 0.29) is 12.4 Å². The molecule has 22 heavy (non-hydrogen) atoms. The molecule has 0 atom stereocenters. The standard InChI is InChI=1S/C17H15NO4/c18-13-3-1-2-4-15(13)22-17(20)16-10-12-9-11(7-8-19)5-6-14(12)21-16/h1-6,9-10,19H,7-8,18H2. The summed E-state index contributed by atoms with van der Waals surface area (Å²) < 4.78 is 10.7. The Balaban J connectivity index is 1.86. The number of hydrogen-bond acceptors (Lipinski definition) is 5. The molecule has 0 spiro atoms. The molecular weight excluding hydrogens is 282 g/mol. The monoisotopic (exact) mass is 297 g/mol. The quantitative estimate of drug-likeness (QED) is 0.439. The molecule has 0 saturated heterocycles. The molecular formula is C17H15NO4. The largest absolute Gasteiger partial charge is 0.449 e. The minimum Gasteiger partial charge on any atom is -0.449 e. The van der Waals surface area contributed by atoms with Gasteiger partial charge < -0.3 is 20.0 Å². The van der Waals surface area contributed by atoms with E-state index in [0.29, 0.717) is 23.4 Å². The van der Waals surface area contributed by atoms with Crippen LogP contribution in [0.15, 0.2) is 52.9 Å². The van der Waals surface area contributed by atoms with Gasteiger partial charge in [-0.25, -0.2) is 4.79 Å².